The molecule has 0 unspecified atom stereocenters. The van der Waals surface area contributed by atoms with E-state index in [9.17, 15) is 9.90 Å². The second-order valence-corrected chi connectivity index (χ2v) is 6.87. The van der Waals surface area contributed by atoms with Crippen molar-refractivity contribution >= 4 is 39.0 Å². The first kappa shape index (κ1) is 15.0. The Morgan fingerprint density at radius 1 is 1.08 bits per heavy atom. The molecular weight excluding hydrogens is 348 g/mol. The molecule has 0 bridgehead atoms. The first-order valence-corrected chi connectivity index (χ1v) is 8.88. The summed E-state index contributed by atoms with van der Waals surface area (Å²) in [6, 6.07) is 12.5. The van der Waals surface area contributed by atoms with Gasteiger partial charge in [0.2, 0.25) is 5.91 Å². The lowest BCUT2D eigenvalue weighted by atomic mass is 10.1. The molecule has 0 saturated carbocycles. The van der Waals surface area contributed by atoms with Gasteiger partial charge in [0, 0.05) is 5.56 Å². The Morgan fingerprint density at radius 2 is 1.92 bits per heavy atom. The van der Waals surface area contributed by atoms with Crippen molar-refractivity contribution in [1.82, 2.24) is 15.0 Å². The predicted octanol–water partition coefficient (Wildman–Crippen LogP) is 3.68. The largest absolute Gasteiger partial charge is 0.508 e. The SMILES string of the molecule is O=C1Cc2ncc(-c3ccc(O)cc3)nc2N1c1ccc2scnc2c1. The van der Waals surface area contributed by atoms with Gasteiger partial charge in [0.25, 0.3) is 0 Å². The Hall–Kier alpha value is -3.32. The lowest BCUT2D eigenvalue weighted by molar-refractivity contribution is -0.116. The van der Waals surface area contributed by atoms with Crippen molar-refractivity contribution in [3.63, 3.8) is 0 Å². The number of benzene rings is 2. The van der Waals surface area contributed by atoms with E-state index in [4.69, 9.17) is 0 Å². The molecule has 126 valence electrons. The highest BCUT2D eigenvalue weighted by Crippen LogP contribution is 2.36. The molecule has 1 aliphatic rings. The summed E-state index contributed by atoms with van der Waals surface area (Å²) in [6.45, 7) is 0. The van der Waals surface area contributed by atoms with Gasteiger partial charge in [-0.1, -0.05) is 0 Å². The molecule has 6 nitrogen and oxygen atoms in total. The van der Waals surface area contributed by atoms with E-state index >= 15 is 0 Å². The summed E-state index contributed by atoms with van der Waals surface area (Å²) in [5.74, 6) is 0.684. The van der Waals surface area contributed by atoms with E-state index in [1.54, 1.807) is 52.2 Å². The van der Waals surface area contributed by atoms with Crippen LogP contribution in [0.2, 0.25) is 0 Å². The molecule has 1 N–H and O–H groups in total. The lowest BCUT2D eigenvalue weighted by Gasteiger charge is -2.16. The zero-order valence-corrected chi connectivity index (χ0v) is 14.3. The zero-order chi connectivity index (χ0) is 17.7. The van der Waals surface area contributed by atoms with Crippen LogP contribution in [0.5, 0.6) is 5.75 Å². The fourth-order valence-electron chi connectivity index (χ4n) is 3.07. The van der Waals surface area contributed by atoms with Crippen molar-refractivity contribution in [2.24, 2.45) is 0 Å². The number of anilines is 2. The van der Waals surface area contributed by atoms with Crippen LogP contribution in [0.25, 0.3) is 21.5 Å². The van der Waals surface area contributed by atoms with Crippen molar-refractivity contribution in [2.75, 3.05) is 4.90 Å². The molecule has 0 saturated heterocycles. The molecule has 1 amide bonds. The van der Waals surface area contributed by atoms with E-state index in [1.165, 1.54) is 0 Å². The maximum absolute atomic E-state index is 12.6. The summed E-state index contributed by atoms with van der Waals surface area (Å²) >= 11 is 1.56. The second-order valence-electron chi connectivity index (χ2n) is 5.98. The summed E-state index contributed by atoms with van der Waals surface area (Å²) in [5.41, 5.74) is 5.53. The van der Waals surface area contributed by atoms with Gasteiger partial charge in [0.05, 0.1) is 45.4 Å². The number of aromatic hydroxyl groups is 1. The zero-order valence-electron chi connectivity index (χ0n) is 13.5. The van der Waals surface area contributed by atoms with Gasteiger partial charge in [-0.05, 0) is 42.5 Å². The van der Waals surface area contributed by atoms with E-state index in [2.05, 4.69) is 15.0 Å². The van der Waals surface area contributed by atoms with Gasteiger partial charge in [0.15, 0.2) is 5.82 Å². The smallest absolute Gasteiger partial charge is 0.238 e. The third-order valence-corrected chi connectivity index (χ3v) is 5.15. The lowest BCUT2D eigenvalue weighted by Crippen LogP contribution is -2.21. The Kier molecular flexibility index (Phi) is 3.23. The van der Waals surface area contributed by atoms with E-state index in [0.29, 0.717) is 17.2 Å². The van der Waals surface area contributed by atoms with E-state index in [0.717, 1.165) is 21.5 Å². The van der Waals surface area contributed by atoms with Crippen LogP contribution in [-0.2, 0) is 11.2 Å². The molecule has 26 heavy (non-hydrogen) atoms. The van der Waals surface area contributed by atoms with Gasteiger partial charge in [-0.25, -0.2) is 9.97 Å². The third kappa shape index (κ3) is 2.33. The first-order valence-electron chi connectivity index (χ1n) is 8.00. The number of phenols is 1. The number of phenolic OH excluding ortho intramolecular Hbond substituents is 1. The standard InChI is InChI=1S/C19H12N4O2S/c24-13-4-1-11(2-5-13)16-9-20-15-8-18(25)23(19(15)22-16)12-3-6-17-14(7-12)21-10-26-17/h1-7,9-10,24H,8H2. The summed E-state index contributed by atoms with van der Waals surface area (Å²) in [7, 11) is 0. The molecule has 0 fully saturated rings. The minimum Gasteiger partial charge on any atom is -0.508 e. The number of hydrogen-bond acceptors (Lipinski definition) is 6. The number of amides is 1. The highest BCUT2D eigenvalue weighted by molar-refractivity contribution is 7.16. The molecule has 1 aliphatic heterocycles. The molecule has 0 spiro atoms. The van der Waals surface area contributed by atoms with Gasteiger partial charge in [-0.2, -0.15) is 0 Å². The van der Waals surface area contributed by atoms with E-state index < -0.39 is 0 Å². The minimum atomic E-state index is -0.0579. The Morgan fingerprint density at radius 3 is 2.77 bits per heavy atom. The fraction of sp³-hybridized carbons (Fsp3) is 0.0526. The fourth-order valence-corrected chi connectivity index (χ4v) is 3.73. The molecule has 0 atom stereocenters. The van der Waals surface area contributed by atoms with Gasteiger partial charge >= 0.3 is 0 Å². The van der Waals surface area contributed by atoms with Crippen LogP contribution >= 0.6 is 11.3 Å². The highest BCUT2D eigenvalue weighted by Gasteiger charge is 2.32. The third-order valence-electron chi connectivity index (χ3n) is 4.34. The Balaban J connectivity index is 1.62. The molecule has 2 aromatic carbocycles. The monoisotopic (exact) mass is 360 g/mol. The van der Waals surface area contributed by atoms with Crippen molar-refractivity contribution < 1.29 is 9.90 Å². The number of carbonyl (C=O) groups excluding carboxylic acids is 1. The summed E-state index contributed by atoms with van der Waals surface area (Å²) < 4.78 is 1.07. The molecule has 0 radical (unpaired) electrons. The Labute approximate surface area is 152 Å². The maximum Gasteiger partial charge on any atom is 0.238 e. The number of rotatable bonds is 2. The molecule has 4 aromatic rings. The van der Waals surface area contributed by atoms with Crippen LogP contribution < -0.4 is 4.90 Å². The van der Waals surface area contributed by atoms with E-state index in [1.807, 2.05) is 18.2 Å². The highest BCUT2D eigenvalue weighted by atomic mass is 32.1. The Bertz CT molecular complexity index is 1150. The van der Waals surface area contributed by atoms with Crippen LogP contribution in [0, 0.1) is 0 Å². The molecular formula is C19H12N4O2S. The maximum atomic E-state index is 12.6. The van der Waals surface area contributed by atoms with Crippen LogP contribution in [-0.4, -0.2) is 26.0 Å². The molecule has 5 rings (SSSR count). The minimum absolute atomic E-state index is 0.0579. The van der Waals surface area contributed by atoms with Gasteiger partial charge < -0.3 is 5.11 Å². The predicted molar refractivity (Wildman–Crippen MR) is 99.6 cm³/mol. The first-order chi connectivity index (χ1) is 12.7. The molecule has 0 aliphatic carbocycles. The normalized spacial score (nSPS) is 13.4. The summed E-state index contributed by atoms with van der Waals surface area (Å²) in [4.78, 5) is 27.6. The number of nitrogens with zero attached hydrogens (tertiary/aromatic N) is 4. The number of fused-ring (bicyclic) bond motifs is 2. The summed E-state index contributed by atoms with van der Waals surface area (Å²) in [6.07, 6.45) is 1.89. The van der Waals surface area contributed by atoms with Crippen molar-refractivity contribution in [2.45, 2.75) is 6.42 Å². The van der Waals surface area contributed by atoms with Crippen LogP contribution in [0.3, 0.4) is 0 Å². The average Bonchev–Trinajstić information content (AvgIpc) is 3.24. The van der Waals surface area contributed by atoms with Gasteiger partial charge in [-0.15, -0.1) is 11.3 Å². The van der Waals surface area contributed by atoms with Crippen molar-refractivity contribution in [3.05, 3.63) is 59.9 Å². The number of hydrogen-bond donors (Lipinski definition) is 1. The van der Waals surface area contributed by atoms with Crippen molar-refractivity contribution in [3.8, 4) is 17.0 Å². The van der Waals surface area contributed by atoms with E-state index in [-0.39, 0.29) is 18.1 Å². The average molecular weight is 360 g/mol. The van der Waals surface area contributed by atoms with Crippen LogP contribution in [0.15, 0.2) is 54.2 Å². The molecule has 2 aromatic heterocycles. The quantitative estimate of drug-likeness (QED) is 0.590. The second kappa shape index (κ2) is 5.60. The molecule has 3 heterocycles. The number of thiazole rings is 1. The van der Waals surface area contributed by atoms with Gasteiger partial charge in [0.1, 0.15) is 5.75 Å². The van der Waals surface area contributed by atoms with Gasteiger partial charge in [-0.3, -0.25) is 14.7 Å². The number of carbonyl (C=O) groups is 1. The summed E-state index contributed by atoms with van der Waals surface area (Å²) in [5, 5.41) is 9.46. The number of aromatic nitrogens is 3. The van der Waals surface area contributed by atoms with Crippen LogP contribution in [0.4, 0.5) is 11.5 Å². The van der Waals surface area contributed by atoms with Crippen molar-refractivity contribution in [1.29, 1.82) is 0 Å². The van der Waals surface area contributed by atoms with Crippen LogP contribution in [0.1, 0.15) is 5.69 Å². The molecule has 7 heteroatoms. The topological polar surface area (TPSA) is 79.2 Å².